The van der Waals surface area contributed by atoms with Crippen LogP contribution in [-0.4, -0.2) is 11.1 Å². The van der Waals surface area contributed by atoms with Crippen LogP contribution in [0.25, 0.3) is 0 Å². The van der Waals surface area contributed by atoms with Crippen molar-refractivity contribution < 1.29 is 14.3 Å². The van der Waals surface area contributed by atoms with E-state index in [4.69, 9.17) is 5.11 Å². The van der Waals surface area contributed by atoms with Crippen molar-refractivity contribution in [3.8, 4) is 0 Å². The first-order valence-corrected chi connectivity index (χ1v) is 5.02. The second-order valence-electron chi connectivity index (χ2n) is 3.72. The molecular formula is C12H15FO2. The number of aryl methyl sites for hydroxylation is 1. The van der Waals surface area contributed by atoms with Crippen LogP contribution in [0.2, 0.25) is 0 Å². The van der Waals surface area contributed by atoms with Gasteiger partial charge in [-0.3, -0.25) is 4.79 Å². The minimum Gasteiger partial charge on any atom is -0.481 e. The van der Waals surface area contributed by atoms with E-state index < -0.39 is 5.97 Å². The van der Waals surface area contributed by atoms with Crippen molar-refractivity contribution in [2.24, 2.45) is 5.92 Å². The van der Waals surface area contributed by atoms with E-state index in [1.807, 2.05) is 6.92 Å². The predicted molar refractivity (Wildman–Crippen MR) is 56.3 cm³/mol. The van der Waals surface area contributed by atoms with Crippen molar-refractivity contribution in [3.05, 3.63) is 35.1 Å². The first-order chi connectivity index (χ1) is 7.04. The van der Waals surface area contributed by atoms with E-state index >= 15 is 0 Å². The van der Waals surface area contributed by atoms with E-state index in [-0.39, 0.29) is 11.7 Å². The summed E-state index contributed by atoms with van der Waals surface area (Å²) in [7, 11) is 0. The standard InChI is InChI=1S/C12H15FO2/c1-3-9(12(14)15)7-10-4-5-11(13)6-8(10)2/h4-6,9H,3,7H2,1-2H3,(H,14,15). The number of benzene rings is 1. The van der Waals surface area contributed by atoms with Crippen LogP contribution in [0.3, 0.4) is 0 Å². The zero-order chi connectivity index (χ0) is 11.4. The van der Waals surface area contributed by atoms with Crippen LogP contribution in [0.1, 0.15) is 24.5 Å². The Morgan fingerprint density at radius 1 is 1.53 bits per heavy atom. The van der Waals surface area contributed by atoms with Gasteiger partial charge in [0.15, 0.2) is 0 Å². The van der Waals surface area contributed by atoms with Crippen LogP contribution in [0, 0.1) is 18.7 Å². The van der Waals surface area contributed by atoms with Gasteiger partial charge in [-0.15, -0.1) is 0 Å². The summed E-state index contributed by atoms with van der Waals surface area (Å²) in [4.78, 5) is 10.8. The van der Waals surface area contributed by atoms with Gasteiger partial charge in [0.2, 0.25) is 0 Å². The molecule has 3 heteroatoms. The topological polar surface area (TPSA) is 37.3 Å². The Bertz CT molecular complexity index is 361. The number of carbonyl (C=O) groups is 1. The molecule has 1 atom stereocenters. The molecule has 1 N–H and O–H groups in total. The number of hydrogen-bond donors (Lipinski definition) is 1. The first-order valence-electron chi connectivity index (χ1n) is 5.02. The Morgan fingerprint density at radius 2 is 2.20 bits per heavy atom. The molecule has 0 saturated carbocycles. The van der Waals surface area contributed by atoms with Gasteiger partial charge in [-0.2, -0.15) is 0 Å². The average molecular weight is 210 g/mol. The molecule has 82 valence electrons. The van der Waals surface area contributed by atoms with Gasteiger partial charge in [-0.1, -0.05) is 13.0 Å². The lowest BCUT2D eigenvalue weighted by molar-refractivity contribution is -0.141. The molecule has 0 bridgehead atoms. The molecule has 0 aromatic heterocycles. The normalized spacial score (nSPS) is 12.5. The van der Waals surface area contributed by atoms with E-state index in [1.54, 1.807) is 13.0 Å². The zero-order valence-electron chi connectivity index (χ0n) is 8.96. The third-order valence-electron chi connectivity index (χ3n) is 2.61. The lowest BCUT2D eigenvalue weighted by atomic mass is 9.94. The van der Waals surface area contributed by atoms with E-state index in [9.17, 15) is 9.18 Å². The Balaban J connectivity index is 2.84. The smallest absolute Gasteiger partial charge is 0.306 e. The molecule has 0 radical (unpaired) electrons. The molecule has 1 rings (SSSR count). The molecule has 1 aromatic carbocycles. The summed E-state index contributed by atoms with van der Waals surface area (Å²) in [6.45, 7) is 3.64. The molecule has 0 heterocycles. The second kappa shape index (κ2) is 4.91. The first kappa shape index (κ1) is 11.7. The highest BCUT2D eigenvalue weighted by Gasteiger charge is 2.16. The number of aliphatic carboxylic acids is 1. The van der Waals surface area contributed by atoms with Crippen molar-refractivity contribution in [2.75, 3.05) is 0 Å². The van der Waals surface area contributed by atoms with E-state index in [1.165, 1.54) is 12.1 Å². The summed E-state index contributed by atoms with van der Waals surface area (Å²) < 4.78 is 12.8. The highest BCUT2D eigenvalue weighted by Crippen LogP contribution is 2.17. The Hall–Kier alpha value is -1.38. The molecular weight excluding hydrogens is 195 g/mol. The van der Waals surface area contributed by atoms with Crippen LogP contribution in [0.4, 0.5) is 4.39 Å². The maximum absolute atomic E-state index is 12.8. The lowest BCUT2D eigenvalue weighted by Crippen LogP contribution is -2.15. The minimum absolute atomic E-state index is 0.278. The quantitative estimate of drug-likeness (QED) is 0.829. The van der Waals surface area contributed by atoms with Crippen molar-refractivity contribution in [1.82, 2.24) is 0 Å². The summed E-state index contributed by atoms with van der Waals surface area (Å²) in [6.07, 6.45) is 1.06. The molecule has 2 nitrogen and oxygen atoms in total. The van der Waals surface area contributed by atoms with Gasteiger partial charge < -0.3 is 5.11 Å². The largest absolute Gasteiger partial charge is 0.481 e. The maximum Gasteiger partial charge on any atom is 0.306 e. The van der Waals surface area contributed by atoms with Crippen molar-refractivity contribution in [3.63, 3.8) is 0 Å². The average Bonchev–Trinajstić information content (AvgIpc) is 2.16. The van der Waals surface area contributed by atoms with Crippen molar-refractivity contribution >= 4 is 5.97 Å². The zero-order valence-corrected chi connectivity index (χ0v) is 8.96. The summed E-state index contributed by atoms with van der Waals surface area (Å²) in [6, 6.07) is 4.47. The number of carboxylic acid groups (broad SMARTS) is 1. The SMILES string of the molecule is CCC(Cc1ccc(F)cc1C)C(=O)O. The third-order valence-corrected chi connectivity index (χ3v) is 2.61. The summed E-state index contributed by atoms with van der Waals surface area (Å²) in [5.74, 6) is -1.45. The molecule has 15 heavy (non-hydrogen) atoms. The maximum atomic E-state index is 12.8. The van der Waals surface area contributed by atoms with Gasteiger partial charge in [0.05, 0.1) is 5.92 Å². The lowest BCUT2D eigenvalue weighted by Gasteiger charge is -2.11. The van der Waals surface area contributed by atoms with Crippen LogP contribution < -0.4 is 0 Å². The molecule has 0 spiro atoms. The number of carboxylic acids is 1. The highest BCUT2D eigenvalue weighted by atomic mass is 19.1. The van der Waals surface area contributed by atoms with Crippen molar-refractivity contribution in [1.29, 1.82) is 0 Å². The van der Waals surface area contributed by atoms with Gasteiger partial charge in [0.1, 0.15) is 5.82 Å². The Morgan fingerprint density at radius 3 is 2.67 bits per heavy atom. The summed E-state index contributed by atoms with van der Waals surface area (Å²) >= 11 is 0. The van der Waals surface area contributed by atoms with Crippen molar-refractivity contribution in [2.45, 2.75) is 26.7 Å². The van der Waals surface area contributed by atoms with E-state index in [0.29, 0.717) is 12.8 Å². The van der Waals surface area contributed by atoms with E-state index in [0.717, 1.165) is 11.1 Å². The molecule has 0 aliphatic carbocycles. The Labute approximate surface area is 88.7 Å². The molecule has 1 unspecified atom stereocenters. The second-order valence-corrected chi connectivity index (χ2v) is 3.72. The van der Waals surface area contributed by atoms with Gasteiger partial charge >= 0.3 is 5.97 Å². The fraction of sp³-hybridized carbons (Fsp3) is 0.417. The third kappa shape index (κ3) is 3.05. The predicted octanol–water partition coefficient (Wildman–Crippen LogP) is 2.79. The van der Waals surface area contributed by atoms with Crippen LogP contribution in [-0.2, 0) is 11.2 Å². The van der Waals surface area contributed by atoms with Gasteiger partial charge in [-0.05, 0) is 43.0 Å². The van der Waals surface area contributed by atoms with Crippen LogP contribution >= 0.6 is 0 Å². The monoisotopic (exact) mass is 210 g/mol. The van der Waals surface area contributed by atoms with Crippen LogP contribution in [0.15, 0.2) is 18.2 Å². The van der Waals surface area contributed by atoms with Gasteiger partial charge in [0, 0.05) is 0 Å². The number of halogens is 1. The molecule has 0 saturated heterocycles. The van der Waals surface area contributed by atoms with Gasteiger partial charge in [0.25, 0.3) is 0 Å². The fourth-order valence-electron chi connectivity index (χ4n) is 1.56. The molecule has 0 aliphatic rings. The number of rotatable bonds is 4. The summed E-state index contributed by atoms with van der Waals surface area (Å²) in [5, 5.41) is 8.91. The van der Waals surface area contributed by atoms with Crippen LogP contribution in [0.5, 0.6) is 0 Å². The molecule has 0 amide bonds. The molecule has 1 aromatic rings. The number of hydrogen-bond acceptors (Lipinski definition) is 1. The minimum atomic E-state index is -0.791. The molecule has 0 aliphatic heterocycles. The highest BCUT2D eigenvalue weighted by molar-refractivity contribution is 5.70. The van der Waals surface area contributed by atoms with Gasteiger partial charge in [-0.25, -0.2) is 4.39 Å². The summed E-state index contributed by atoms with van der Waals surface area (Å²) in [5.41, 5.74) is 1.72. The van der Waals surface area contributed by atoms with E-state index in [2.05, 4.69) is 0 Å². The fourth-order valence-corrected chi connectivity index (χ4v) is 1.56. The molecule has 0 fully saturated rings. The Kier molecular flexibility index (Phi) is 3.83.